The minimum Gasteiger partial charge on any atom is -0.492 e. The number of nitrogens with zero attached hydrogens (tertiary/aromatic N) is 1. The molecule has 0 atom stereocenters. The maximum Gasteiger partial charge on any atom is 0.356 e. The van der Waals surface area contributed by atoms with Crippen LogP contribution < -0.4 is 10.1 Å². The third-order valence-electron chi connectivity index (χ3n) is 3.62. The van der Waals surface area contributed by atoms with Crippen molar-refractivity contribution in [3.05, 3.63) is 59.2 Å². The van der Waals surface area contributed by atoms with Gasteiger partial charge in [0, 0.05) is 10.4 Å². The number of para-hydroxylation sites is 2. The predicted molar refractivity (Wildman–Crippen MR) is 99.0 cm³/mol. The van der Waals surface area contributed by atoms with Crippen molar-refractivity contribution in [3.63, 3.8) is 0 Å². The van der Waals surface area contributed by atoms with E-state index in [0.717, 1.165) is 16.8 Å². The van der Waals surface area contributed by atoms with E-state index in [2.05, 4.69) is 10.3 Å². The van der Waals surface area contributed by atoms with E-state index in [1.54, 1.807) is 24.3 Å². The van der Waals surface area contributed by atoms with Crippen LogP contribution in [0.4, 0.5) is 11.4 Å². The Morgan fingerprint density at radius 1 is 1.16 bits per heavy atom. The Labute approximate surface area is 150 Å². The second-order valence-corrected chi connectivity index (χ2v) is 5.70. The van der Waals surface area contributed by atoms with E-state index in [0.29, 0.717) is 22.8 Å². The van der Waals surface area contributed by atoms with Crippen molar-refractivity contribution in [3.8, 4) is 5.75 Å². The fraction of sp³-hybridized carbons (Fsp3) is 0.158. The van der Waals surface area contributed by atoms with E-state index in [-0.39, 0.29) is 5.69 Å². The molecule has 3 rings (SSSR count). The van der Waals surface area contributed by atoms with E-state index in [1.165, 1.54) is 7.11 Å². The number of pyridine rings is 1. The number of halogens is 1. The third kappa shape index (κ3) is 3.67. The van der Waals surface area contributed by atoms with Gasteiger partial charge >= 0.3 is 5.97 Å². The average molecular weight is 357 g/mol. The Kier molecular flexibility index (Phi) is 5.05. The van der Waals surface area contributed by atoms with Crippen LogP contribution in [0.1, 0.15) is 17.4 Å². The monoisotopic (exact) mass is 356 g/mol. The van der Waals surface area contributed by atoms with Crippen molar-refractivity contribution in [2.45, 2.75) is 6.92 Å². The SMILES string of the molecule is CCOc1ccccc1Nc1cc(C(=O)OC)nc2ccc(Cl)cc12. The predicted octanol–water partition coefficient (Wildman–Crippen LogP) is 4.82. The molecule has 0 bridgehead atoms. The van der Waals surface area contributed by atoms with Gasteiger partial charge in [0.05, 0.1) is 30.6 Å². The van der Waals surface area contributed by atoms with Crippen LogP contribution in [-0.2, 0) is 4.74 Å². The van der Waals surface area contributed by atoms with E-state index in [9.17, 15) is 4.79 Å². The van der Waals surface area contributed by atoms with E-state index in [4.69, 9.17) is 21.1 Å². The lowest BCUT2D eigenvalue weighted by Gasteiger charge is -2.15. The number of rotatable bonds is 5. The molecule has 0 radical (unpaired) electrons. The molecule has 6 heteroatoms. The molecule has 0 aliphatic rings. The highest BCUT2D eigenvalue weighted by molar-refractivity contribution is 6.31. The Bertz CT molecular complexity index is 928. The first-order valence-electron chi connectivity index (χ1n) is 7.80. The van der Waals surface area contributed by atoms with Crippen LogP contribution in [0.5, 0.6) is 5.75 Å². The number of fused-ring (bicyclic) bond motifs is 1. The molecule has 0 aliphatic carbocycles. The zero-order valence-corrected chi connectivity index (χ0v) is 14.6. The maximum absolute atomic E-state index is 11.9. The topological polar surface area (TPSA) is 60.5 Å². The van der Waals surface area contributed by atoms with Crippen molar-refractivity contribution >= 4 is 39.8 Å². The molecular formula is C19H17ClN2O3. The molecular weight excluding hydrogens is 340 g/mol. The first kappa shape index (κ1) is 17.0. The molecule has 0 saturated carbocycles. The third-order valence-corrected chi connectivity index (χ3v) is 3.86. The van der Waals surface area contributed by atoms with Gasteiger partial charge in [-0.05, 0) is 43.3 Å². The molecule has 0 unspecified atom stereocenters. The lowest BCUT2D eigenvalue weighted by molar-refractivity contribution is 0.0594. The van der Waals surface area contributed by atoms with Crippen LogP contribution in [0.15, 0.2) is 48.5 Å². The number of ether oxygens (including phenoxy) is 2. The van der Waals surface area contributed by atoms with Gasteiger partial charge in [0.15, 0.2) is 5.69 Å². The molecule has 128 valence electrons. The number of carbonyl (C=O) groups excluding carboxylic acids is 1. The highest BCUT2D eigenvalue weighted by Gasteiger charge is 2.14. The molecule has 5 nitrogen and oxygen atoms in total. The number of methoxy groups -OCH3 is 1. The Hall–Kier alpha value is -2.79. The Morgan fingerprint density at radius 2 is 1.96 bits per heavy atom. The van der Waals surface area contributed by atoms with Crippen LogP contribution in [0.25, 0.3) is 10.9 Å². The summed E-state index contributed by atoms with van der Waals surface area (Å²) in [5.41, 5.74) is 2.34. The number of hydrogen-bond acceptors (Lipinski definition) is 5. The molecule has 0 spiro atoms. The molecule has 0 fully saturated rings. The van der Waals surface area contributed by atoms with E-state index in [1.807, 2.05) is 31.2 Å². The van der Waals surface area contributed by atoms with Crippen molar-refractivity contribution in [2.75, 3.05) is 19.0 Å². The first-order valence-corrected chi connectivity index (χ1v) is 8.17. The lowest BCUT2D eigenvalue weighted by Crippen LogP contribution is -2.06. The molecule has 0 aliphatic heterocycles. The fourth-order valence-electron chi connectivity index (χ4n) is 2.51. The van der Waals surface area contributed by atoms with Crippen LogP contribution in [0.2, 0.25) is 5.02 Å². The average Bonchev–Trinajstić information content (AvgIpc) is 2.63. The molecule has 3 aromatic rings. The minimum atomic E-state index is -0.502. The molecule has 1 N–H and O–H groups in total. The molecule has 1 heterocycles. The summed E-state index contributed by atoms with van der Waals surface area (Å²) in [7, 11) is 1.33. The van der Waals surface area contributed by atoms with Crippen LogP contribution in [0.3, 0.4) is 0 Å². The minimum absolute atomic E-state index is 0.216. The summed E-state index contributed by atoms with van der Waals surface area (Å²) in [4.78, 5) is 16.3. The summed E-state index contributed by atoms with van der Waals surface area (Å²) in [6.07, 6.45) is 0. The molecule has 0 amide bonds. The second kappa shape index (κ2) is 7.40. The van der Waals surface area contributed by atoms with Gasteiger partial charge in [-0.25, -0.2) is 9.78 Å². The van der Waals surface area contributed by atoms with Gasteiger partial charge in [-0.1, -0.05) is 23.7 Å². The van der Waals surface area contributed by atoms with E-state index < -0.39 is 5.97 Å². The van der Waals surface area contributed by atoms with Gasteiger partial charge in [0.1, 0.15) is 5.75 Å². The van der Waals surface area contributed by atoms with Gasteiger partial charge in [-0.2, -0.15) is 0 Å². The van der Waals surface area contributed by atoms with Gasteiger partial charge in [-0.15, -0.1) is 0 Å². The number of benzene rings is 2. The largest absolute Gasteiger partial charge is 0.492 e. The second-order valence-electron chi connectivity index (χ2n) is 5.26. The highest BCUT2D eigenvalue weighted by atomic mass is 35.5. The number of hydrogen-bond donors (Lipinski definition) is 1. The van der Waals surface area contributed by atoms with Crippen LogP contribution in [0, 0.1) is 0 Å². The smallest absolute Gasteiger partial charge is 0.356 e. The normalized spacial score (nSPS) is 10.5. The summed E-state index contributed by atoms with van der Waals surface area (Å²) >= 11 is 6.13. The van der Waals surface area contributed by atoms with Crippen LogP contribution in [-0.4, -0.2) is 24.7 Å². The van der Waals surface area contributed by atoms with Gasteiger partial charge < -0.3 is 14.8 Å². The van der Waals surface area contributed by atoms with Crippen molar-refractivity contribution in [1.29, 1.82) is 0 Å². The Morgan fingerprint density at radius 3 is 2.72 bits per heavy atom. The number of anilines is 2. The molecule has 25 heavy (non-hydrogen) atoms. The molecule has 1 aromatic heterocycles. The Balaban J connectivity index is 2.13. The molecule has 0 saturated heterocycles. The zero-order valence-electron chi connectivity index (χ0n) is 13.9. The first-order chi connectivity index (χ1) is 12.1. The maximum atomic E-state index is 11.9. The van der Waals surface area contributed by atoms with Crippen LogP contribution >= 0.6 is 11.6 Å². The number of aromatic nitrogens is 1. The van der Waals surface area contributed by atoms with Crippen molar-refractivity contribution in [1.82, 2.24) is 4.98 Å². The number of nitrogens with one attached hydrogen (secondary N) is 1. The standard InChI is InChI=1S/C19H17ClN2O3/c1-3-25-18-7-5-4-6-15(18)22-16-11-17(19(23)24-2)21-14-9-8-12(20)10-13(14)16/h4-11H,3H2,1-2H3,(H,21,22). The van der Waals surface area contributed by atoms with Crippen molar-refractivity contribution < 1.29 is 14.3 Å². The summed E-state index contributed by atoms with van der Waals surface area (Å²) in [5.74, 6) is 0.217. The van der Waals surface area contributed by atoms with Crippen molar-refractivity contribution in [2.24, 2.45) is 0 Å². The quantitative estimate of drug-likeness (QED) is 0.664. The number of carbonyl (C=O) groups is 1. The van der Waals surface area contributed by atoms with Gasteiger partial charge in [-0.3, -0.25) is 0 Å². The fourth-order valence-corrected chi connectivity index (χ4v) is 2.68. The zero-order chi connectivity index (χ0) is 17.8. The summed E-state index contributed by atoms with van der Waals surface area (Å²) in [5, 5.41) is 4.70. The lowest BCUT2D eigenvalue weighted by atomic mass is 10.1. The van der Waals surface area contributed by atoms with Gasteiger partial charge in [0.25, 0.3) is 0 Å². The number of esters is 1. The summed E-state index contributed by atoms with van der Waals surface area (Å²) in [6, 6.07) is 14.5. The highest BCUT2D eigenvalue weighted by Crippen LogP contribution is 2.32. The summed E-state index contributed by atoms with van der Waals surface area (Å²) in [6.45, 7) is 2.47. The van der Waals surface area contributed by atoms with Gasteiger partial charge in [0.2, 0.25) is 0 Å². The van der Waals surface area contributed by atoms with E-state index >= 15 is 0 Å². The summed E-state index contributed by atoms with van der Waals surface area (Å²) < 4.78 is 10.4. The molecule has 2 aromatic carbocycles.